The van der Waals surface area contributed by atoms with Gasteiger partial charge in [-0.1, -0.05) is 0 Å². The number of rotatable bonds is 3. The van der Waals surface area contributed by atoms with Crippen molar-refractivity contribution in [2.24, 2.45) is 0 Å². The molecule has 0 bridgehead atoms. The molecule has 5 heteroatoms. The summed E-state index contributed by atoms with van der Waals surface area (Å²) in [5.74, 6) is -0.138. The van der Waals surface area contributed by atoms with Crippen LogP contribution in [-0.2, 0) is 6.54 Å². The maximum absolute atomic E-state index is 14.0. The number of aliphatic hydroxyl groups is 1. The van der Waals surface area contributed by atoms with E-state index >= 15 is 0 Å². The van der Waals surface area contributed by atoms with Crippen LogP contribution >= 0.6 is 0 Å². The van der Waals surface area contributed by atoms with Gasteiger partial charge in [0.05, 0.1) is 18.7 Å². The summed E-state index contributed by atoms with van der Waals surface area (Å²) in [6, 6.07) is 1.86. The molecule has 1 aliphatic heterocycles. The minimum atomic E-state index is -1.63. The van der Waals surface area contributed by atoms with E-state index in [0.717, 1.165) is 17.9 Å². The van der Waals surface area contributed by atoms with Crippen LogP contribution in [0.3, 0.4) is 0 Å². The minimum Gasteiger partial charge on any atom is -0.393 e. The highest BCUT2D eigenvalue weighted by molar-refractivity contribution is 5.96. The van der Waals surface area contributed by atoms with Gasteiger partial charge in [0.1, 0.15) is 0 Å². The van der Waals surface area contributed by atoms with Gasteiger partial charge < -0.3 is 14.6 Å². The van der Waals surface area contributed by atoms with Crippen LogP contribution in [0.15, 0.2) is 6.07 Å². The van der Waals surface area contributed by atoms with Gasteiger partial charge in [0.25, 0.3) is 5.91 Å². The van der Waals surface area contributed by atoms with Crippen LogP contribution in [0.2, 0.25) is 0 Å². The Morgan fingerprint density at radius 3 is 2.68 bits per heavy atom. The van der Waals surface area contributed by atoms with Crippen LogP contribution in [0.5, 0.6) is 0 Å². The van der Waals surface area contributed by atoms with Gasteiger partial charge in [0.2, 0.25) is 0 Å². The van der Waals surface area contributed by atoms with Gasteiger partial charge in [-0.15, -0.1) is 0 Å². The highest BCUT2D eigenvalue weighted by Crippen LogP contribution is 2.27. The van der Waals surface area contributed by atoms with Crippen molar-refractivity contribution in [3.8, 4) is 0 Å². The molecule has 0 spiro atoms. The van der Waals surface area contributed by atoms with Gasteiger partial charge in [0.15, 0.2) is 5.67 Å². The Kier molecular flexibility index (Phi) is 3.67. The summed E-state index contributed by atoms with van der Waals surface area (Å²) in [5, 5.41) is 9.02. The molecule has 0 aliphatic carbocycles. The summed E-state index contributed by atoms with van der Waals surface area (Å²) >= 11 is 0. The predicted octanol–water partition coefficient (Wildman–Crippen LogP) is 1.67. The summed E-state index contributed by atoms with van der Waals surface area (Å²) in [4.78, 5) is 13.9. The number of aliphatic hydroxyl groups excluding tert-OH is 1. The van der Waals surface area contributed by atoms with Gasteiger partial charge in [-0.05, 0) is 26.8 Å². The molecule has 19 heavy (non-hydrogen) atoms. The molecule has 1 fully saturated rings. The maximum atomic E-state index is 14.0. The number of aromatic nitrogens is 1. The Balaban J connectivity index is 2.22. The van der Waals surface area contributed by atoms with Gasteiger partial charge in [-0.25, -0.2) is 4.39 Å². The summed E-state index contributed by atoms with van der Waals surface area (Å²) in [5.41, 5.74) is 0.967. The van der Waals surface area contributed by atoms with Gasteiger partial charge >= 0.3 is 0 Å². The Morgan fingerprint density at radius 1 is 1.53 bits per heavy atom. The number of amides is 1. The molecular weight excluding hydrogens is 247 g/mol. The number of hydrogen-bond donors (Lipinski definition) is 1. The molecular formula is C14H21FN2O2. The molecule has 0 radical (unpaired) electrons. The second-order valence-corrected chi connectivity index (χ2v) is 5.31. The van der Waals surface area contributed by atoms with Crippen LogP contribution in [0.1, 0.15) is 35.1 Å². The van der Waals surface area contributed by atoms with E-state index < -0.39 is 12.3 Å². The SMILES string of the molecule is CCn1c(C)cc(C(=O)N2CCC(F)(CO)C2)c1C. The van der Waals surface area contributed by atoms with Crippen molar-refractivity contribution >= 4 is 5.91 Å². The topological polar surface area (TPSA) is 45.5 Å². The monoisotopic (exact) mass is 268 g/mol. The second-order valence-electron chi connectivity index (χ2n) is 5.31. The fourth-order valence-corrected chi connectivity index (χ4v) is 2.81. The molecule has 4 nitrogen and oxygen atoms in total. The number of carbonyl (C=O) groups excluding carboxylic acids is 1. The Bertz CT molecular complexity index is 498. The third-order valence-corrected chi connectivity index (χ3v) is 3.99. The van der Waals surface area contributed by atoms with Crippen LogP contribution in [0.25, 0.3) is 0 Å². The number of alkyl halides is 1. The van der Waals surface area contributed by atoms with Crippen molar-refractivity contribution < 1.29 is 14.3 Å². The van der Waals surface area contributed by atoms with E-state index in [1.54, 1.807) is 0 Å². The molecule has 1 aromatic rings. The Labute approximate surface area is 112 Å². The minimum absolute atomic E-state index is 0.0157. The van der Waals surface area contributed by atoms with Crippen molar-refractivity contribution in [3.63, 3.8) is 0 Å². The molecule has 1 aliphatic rings. The summed E-state index contributed by atoms with van der Waals surface area (Å²) in [6.45, 7) is 6.55. The normalized spacial score (nSPS) is 23.1. The maximum Gasteiger partial charge on any atom is 0.255 e. The zero-order valence-electron chi connectivity index (χ0n) is 11.7. The van der Waals surface area contributed by atoms with E-state index in [0.29, 0.717) is 12.1 Å². The predicted molar refractivity (Wildman–Crippen MR) is 71.0 cm³/mol. The van der Waals surface area contributed by atoms with Gasteiger partial charge in [-0.3, -0.25) is 4.79 Å². The van der Waals surface area contributed by atoms with E-state index in [1.807, 2.05) is 26.8 Å². The molecule has 1 unspecified atom stereocenters. The number of halogens is 1. The third-order valence-electron chi connectivity index (χ3n) is 3.99. The lowest BCUT2D eigenvalue weighted by Gasteiger charge is -2.19. The first-order valence-electron chi connectivity index (χ1n) is 6.67. The van der Waals surface area contributed by atoms with E-state index in [4.69, 9.17) is 5.11 Å². The van der Waals surface area contributed by atoms with E-state index in [-0.39, 0.29) is 18.9 Å². The highest BCUT2D eigenvalue weighted by atomic mass is 19.1. The number of nitrogens with zero attached hydrogens (tertiary/aromatic N) is 2. The van der Waals surface area contributed by atoms with Crippen molar-refractivity contribution in [2.45, 2.75) is 39.4 Å². The summed E-state index contributed by atoms with van der Waals surface area (Å²) < 4.78 is 16.0. The van der Waals surface area contributed by atoms with Crippen LogP contribution in [0.4, 0.5) is 4.39 Å². The number of hydrogen-bond acceptors (Lipinski definition) is 2. The molecule has 1 amide bonds. The van der Waals surface area contributed by atoms with Crippen molar-refractivity contribution in [3.05, 3.63) is 23.0 Å². The molecule has 1 saturated heterocycles. The van der Waals surface area contributed by atoms with E-state index in [1.165, 1.54) is 4.90 Å². The van der Waals surface area contributed by atoms with Crippen molar-refractivity contribution in [1.29, 1.82) is 0 Å². The number of likely N-dealkylation sites (tertiary alicyclic amines) is 1. The largest absolute Gasteiger partial charge is 0.393 e. The van der Waals surface area contributed by atoms with Crippen LogP contribution in [-0.4, -0.2) is 45.8 Å². The molecule has 106 valence electrons. The summed E-state index contributed by atoms with van der Waals surface area (Å²) in [7, 11) is 0. The number of carbonyl (C=O) groups is 1. The Hall–Kier alpha value is -1.36. The van der Waals surface area contributed by atoms with Crippen molar-refractivity contribution in [1.82, 2.24) is 9.47 Å². The van der Waals surface area contributed by atoms with Gasteiger partial charge in [-0.2, -0.15) is 0 Å². The fourth-order valence-electron chi connectivity index (χ4n) is 2.81. The average molecular weight is 268 g/mol. The van der Waals surface area contributed by atoms with Crippen molar-refractivity contribution in [2.75, 3.05) is 19.7 Å². The molecule has 2 rings (SSSR count). The lowest BCUT2D eigenvalue weighted by molar-refractivity contribution is 0.0630. The zero-order chi connectivity index (χ0) is 14.2. The molecule has 1 N–H and O–H groups in total. The first kappa shape index (κ1) is 14.1. The smallest absolute Gasteiger partial charge is 0.255 e. The molecule has 1 atom stereocenters. The highest BCUT2D eigenvalue weighted by Gasteiger charge is 2.40. The summed E-state index contributed by atoms with van der Waals surface area (Å²) in [6.07, 6.45) is 0.210. The molecule has 1 aromatic heterocycles. The standard InChI is InChI=1S/C14H21FN2O2/c1-4-17-10(2)7-12(11(17)3)13(19)16-6-5-14(15,8-16)9-18/h7,18H,4-6,8-9H2,1-3H3. The fraction of sp³-hybridized carbons (Fsp3) is 0.643. The Morgan fingerprint density at radius 2 is 2.21 bits per heavy atom. The quantitative estimate of drug-likeness (QED) is 0.906. The van der Waals surface area contributed by atoms with Crippen LogP contribution < -0.4 is 0 Å². The van der Waals surface area contributed by atoms with E-state index in [9.17, 15) is 9.18 Å². The van der Waals surface area contributed by atoms with E-state index in [2.05, 4.69) is 4.57 Å². The number of aryl methyl sites for hydroxylation is 1. The third kappa shape index (κ3) is 2.39. The lowest BCUT2D eigenvalue weighted by atomic mass is 10.1. The lowest BCUT2D eigenvalue weighted by Crippen LogP contribution is -2.35. The van der Waals surface area contributed by atoms with Crippen LogP contribution in [0, 0.1) is 13.8 Å². The zero-order valence-corrected chi connectivity index (χ0v) is 11.7. The average Bonchev–Trinajstić information content (AvgIpc) is 2.91. The molecule has 0 saturated carbocycles. The first-order chi connectivity index (χ1) is 8.91. The molecule has 2 heterocycles. The first-order valence-corrected chi connectivity index (χ1v) is 6.67. The molecule has 0 aromatic carbocycles. The second kappa shape index (κ2) is 4.96. The van der Waals surface area contributed by atoms with Gasteiger partial charge in [0, 0.05) is 30.9 Å².